The van der Waals surface area contributed by atoms with Crippen molar-refractivity contribution in [1.82, 2.24) is 24.5 Å². The van der Waals surface area contributed by atoms with Crippen molar-refractivity contribution in [2.45, 2.75) is 38.6 Å². The number of benzene rings is 3. The van der Waals surface area contributed by atoms with Crippen LogP contribution in [0.25, 0.3) is 10.9 Å². The van der Waals surface area contributed by atoms with Crippen molar-refractivity contribution in [3.8, 4) is 0 Å². The quantitative estimate of drug-likeness (QED) is 0.261. The third-order valence-electron chi connectivity index (χ3n) is 6.70. The smallest absolute Gasteiger partial charge is 0.148 e. The van der Waals surface area contributed by atoms with Crippen LogP contribution in [0, 0.1) is 24.4 Å². The van der Waals surface area contributed by atoms with Gasteiger partial charge < -0.3 is 10.4 Å². The van der Waals surface area contributed by atoms with Crippen LogP contribution < -0.4 is 5.32 Å². The van der Waals surface area contributed by atoms with Gasteiger partial charge in [-0.2, -0.15) is 10.2 Å². The number of nitrogens with zero attached hydrogens (tertiary/aromatic N) is 5. The monoisotopic (exact) mass is 540 g/mol. The Morgan fingerprint density at radius 1 is 1.05 bits per heavy atom. The summed E-state index contributed by atoms with van der Waals surface area (Å²) in [6.07, 6.45) is 2.66. The van der Waals surface area contributed by atoms with Gasteiger partial charge in [0.05, 0.1) is 29.5 Å². The van der Waals surface area contributed by atoms with Crippen molar-refractivity contribution in [3.05, 3.63) is 107 Å². The first kappa shape index (κ1) is 25.7. The Morgan fingerprint density at radius 3 is 2.50 bits per heavy atom. The molecule has 5 aromatic rings. The first-order valence-electron chi connectivity index (χ1n) is 11.8. The highest BCUT2D eigenvalue weighted by atomic mass is 35.5. The van der Waals surface area contributed by atoms with Crippen LogP contribution in [0.1, 0.15) is 29.8 Å². The Balaban J connectivity index is 1.54. The lowest BCUT2D eigenvalue weighted by molar-refractivity contribution is -0.0355. The molecule has 0 aliphatic carbocycles. The standard InChI is InChI=1S/C27H24ClF3N6O/c1-16-21-10-25(33-12-18-3-5-19(28)6-4-18)24(31)11-26(21)37(35-16)17(2)27(38,13-36-15-32-14-34-36)22-8-7-20(29)9-23(22)30/h3-11,14-15,17,33,38H,12-13H2,1-2H3/t17-,27-/m1/s1. The average molecular weight is 541 g/mol. The molecule has 3 aromatic carbocycles. The van der Waals surface area contributed by atoms with Gasteiger partial charge in [0.2, 0.25) is 0 Å². The van der Waals surface area contributed by atoms with E-state index in [2.05, 4.69) is 20.5 Å². The van der Waals surface area contributed by atoms with Crippen molar-refractivity contribution in [3.63, 3.8) is 0 Å². The predicted octanol–water partition coefficient (Wildman–Crippen LogP) is 5.77. The van der Waals surface area contributed by atoms with E-state index >= 15 is 4.39 Å². The van der Waals surface area contributed by atoms with Crippen molar-refractivity contribution in [2.75, 3.05) is 5.32 Å². The highest BCUT2D eigenvalue weighted by Gasteiger charge is 2.41. The molecular formula is C27H24ClF3N6O. The average Bonchev–Trinajstić information content (AvgIpc) is 3.50. The maximum absolute atomic E-state index is 15.3. The van der Waals surface area contributed by atoms with Gasteiger partial charge in [-0.25, -0.2) is 22.8 Å². The minimum absolute atomic E-state index is 0.148. The van der Waals surface area contributed by atoms with Crippen LogP contribution in [0.2, 0.25) is 5.02 Å². The van der Waals surface area contributed by atoms with E-state index in [1.54, 1.807) is 32.0 Å². The SMILES string of the molecule is Cc1nn([C@H](C)[C@](O)(Cn2cncn2)c2ccc(F)cc2F)c2cc(F)c(NCc3ccc(Cl)cc3)cc12. The summed E-state index contributed by atoms with van der Waals surface area (Å²) in [4.78, 5) is 3.89. The molecule has 7 nitrogen and oxygen atoms in total. The molecule has 2 N–H and O–H groups in total. The number of aliphatic hydroxyl groups is 1. The van der Waals surface area contributed by atoms with Gasteiger partial charge in [-0.15, -0.1) is 0 Å². The number of rotatable bonds is 8. The number of halogens is 4. The van der Waals surface area contributed by atoms with Crippen LogP contribution in [0.5, 0.6) is 0 Å². The van der Waals surface area contributed by atoms with Crippen LogP contribution in [-0.4, -0.2) is 29.7 Å². The molecule has 0 unspecified atom stereocenters. The van der Waals surface area contributed by atoms with E-state index in [1.807, 2.05) is 12.1 Å². The fraction of sp³-hybridized carbons (Fsp3) is 0.222. The molecule has 0 fully saturated rings. The number of nitrogens with one attached hydrogen (secondary N) is 1. The number of hydrogen-bond donors (Lipinski definition) is 2. The Labute approximate surface area is 221 Å². The first-order chi connectivity index (χ1) is 18.2. The van der Waals surface area contributed by atoms with Crippen LogP contribution in [0.3, 0.4) is 0 Å². The summed E-state index contributed by atoms with van der Waals surface area (Å²) >= 11 is 5.94. The van der Waals surface area contributed by atoms with Gasteiger partial charge in [0.25, 0.3) is 0 Å². The molecule has 38 heavy (non-hydrogen) atoms. The number of fused-ring (bicyclic) bond motifs is 1. The van der Waals surface area contributed by atoms with Crippen LogP contribution in [0.15, 0.2) is 67.3 Å². The van der Waals surface area contributed by atoms with Crippen molar-refractivity contribution < 1.29 is 18.3 Å². The van der Waals surface area contributed by atoms with E-state index in [0.29, 0.717) is 34.2 Å². The molecule has 5 rings (SSSR count). The largest absolute Gasteiger partial charge is 0.381 e. The second kappa shape index (κ2) is 10.1. The summed E-state index contributed by atoms with van der Waals surface area (Å²) in [5.74, 6) is -2.22. The molecule has 2 aromatic heterocycles. The van der Waals surface area contributed by atoms with Crippen molar-refractivity contribution in [2.24, 2.45) is 0 Å². The highest BCUT2D eigenvalue weighted by molar-refractivity contribution is 6.30. The number of aryl methyl sites for hydroxylation is 1. The van der Waals surface area contributed by atoms with Gasteiger partial charge in [0, 0.05) is 34.6 Å². The summed E-state index contributed by atoms with van der Waals surface area (Å²) in [6.45, 7) is 3.57. The van der Waals surface area contributed by atoms with E-state index < -0.39 is 29.1 Å². The molecule has 0 amide bonds. The predicted molar refractivity (Wildman–Crippen MR) is 138 cm³/mol. The zero-order chi connectivity index (χ0) is 27.0. The molecule has 11 heteroatoms. The molecule has 0 spiro atoms. The molecule has 196 valence electrons. The van der Waals surface area contributed by atoms with E-state index in [0.717, 1.165) is 11.6 Å². The van der Waals surface area contributed by atoms with Gasteiger partial charge in [-0.3, -0.25) is 4.68 Å². The number of aromatic nitrogens is 5. The van der Waals surface area contributed by atoms with E-state index in [-0.39, 0.29) is 17.8 Å². The Kier molecular flexibility index (Phi) is 6.85. The summed E-state index contributed by atoms with van der Waals surface area (Å²) in [6, 6.07) is 12.2. The van der Waals surface area contributed by atoms with E-state index in [1.165, 1.54) is 34.2 Å². The van der Waals surface area contributed by atoms with Crippen LogP contribution in [-0.2, 0) is 18.7 Å². The highest BCUT2D eigenvalue weighted by Crippen LogP contribution is 2.39. The van der Waals surface area contributed by atoms with Gasteiger partial charge in [-0.1, -0.05) is 29.8 Å². The number of anilines is 1. The van der Waals surface area contributed by atoms with E-state index in [9.17, 15) is 13.9 Å². The topological polar surface area (TPSA) is 80.8 Å². The van der Waals surface area contributed by atoms with E-state index in [4.69, 9.17) is 11.6 Å². The zero-order valence-electron chi connectivity index (χ0n) is 20.5. The molecule has 0 radical (unpaired) electrons. The Hall–Kier alpha value is -3.89. The molecule has 0 saturated carbocycles. The minimum atomic E-state index is -1.95. The second-order valence-corrected chi connectivity index (χ2v) is 9.61. The molecule has 0 saturated heterocycles. The maximum atomic E-state index is 15.3. The van der Waals surface area contributed by atoms with Gasteiger partial charge >= 0.3 is 0 Å². The number of hydrogen-bond acceptors (Lipinski definition) is 5. The van der Waals surface area contributed by atoms with Crippen LogP contribution in [0.4, 0.5) is 18.9 Å². The summed E-state index contributed by atoms with van der Waals surface area (Å²) in [5, 5.41) is 24.9. The molecule has 0 bridgehead atoms. The van der Waals surface area contributed by atoms with Crippen LogP contribution >= 0.6 is 11.6 Å². The minimum Gasteiger partial charge on any atom is -0.381 e. The summed E-state index contributed by atoms with van der Waals surface area (Å²) < 4.78 is 46.7. The lowest BCUT2D eigenvalue weighted by Gasteiger charge is -2.35. The van der Waals surface area contributed by atoms with Crippen molar-refractivity contribution >= 4 is 28.2 Å². The third-order valence-corrected chi connectivity index (χ3v) is 6.95. The Bertz CT molecular complexity index is 1590. The maximum Gasteiger partial charge on any atom is 0.148 e. The van der Waals surface area contributed by atoms with Crippen molar-refractivity contribution in [1.29, 1.82) is 0 Å². The fourth-order valence-electron chi connectivity index (χ4n) is 4.59. The second-order valence-electron chi connectivity index (χ2n) is 9.18. The zero-order valence-corrected chi connectivity index (χ0v) is 21.3. The Morgan fingerprint density at radius 2 is 1.82 bits per heavy atom. The molecule has 0 aliphatic heterocycles. The fourth-order valence-corrected chi connectivity index (χ4v) is 4.71. The lowest BCUT2D eigenvalue weighted by Crippen LogP contribution is -2.41. The molecule has 2 heterocycles. The van der Waals surface area contributed by atoms with Gasteiger partial charge in [-0.05, 0) is 43.7 Å². The van der Waals surface area contributed by atoms with Gasteiger partial charge in [0.15, 0.2) is 0 Å². The lowest BCUT2D eigenvalue weighted by atomic mass is 9.86. The third kappa shape index (κ3) is 4.84. The molecular weight excluding hydrogens is 517 g/mol. The summed E-state index contributed by atoms with van der Waals surface area (Å²) in [5.41, 5.74) is 0.108. The molecule has 2 atom stereocenters. The first-order valence-corrected chi connectivity index (χ1v) is 12.2. The molecule has 0 aliphatic rings. The normalized spacial score (nSPS) is 14.0. The van der Waals surface area contributed by atoms with Gasteiger partial charge in [0.1, 0.15) is 35.7 Å². The summed E-state index contributed by atoms with van der Waals surface area (Å²) in [7, 11) is 0.